The second-order valence-electron chi connectivity index (χ2n) is 5.37. The number of nitrogens with one attached hydrogen (secondary N) is 1. The van der Waals surface area contributed by atoms with Crippen LogP contribution in [-0.4, -0.2) is 48.2 Å². The number of benzene rings is 1. The topological polar surface area (TPSA) is 124 Å². The number of carbonyl (C=O) groups is 3. The molecular weight excluding hydrogens is 344 g/mol. The first-order valence-electron chi connectivity index (χ1n) is 7.72. The second-order valence-corrected chi connectivity index (χ2v) is 5.37. The Bertz CT molecular complexity index is 849. The summed E-state index contributed by atoms with van der Waals surface area (Å²) in [6.45, 7) is -0.0686. The molecule has 1 aliphatic heterocycles. The molecule has 1 aromatic heterocycles. The van der Waals surface area contributed by atoms with Gasteiger partial charge in [-0.3, -0.25) is 19.3 Å². The normalized spacial score (nSPS) is 15.8. The highest BCUT2D eigenvalue weighted by Crippen LogP contribution is 2.35. The van der Waals surface area contributed by atoms with E-state index in [-0.39, 0.29) is 24.7 Å². The standard InChI is InChI=1S/C16H16N4O6/c1-17-15(22)14-18-12(26-19-14)8-20-9-5-3-4-6-10(9)25-11(16(20)23)7-13(21)24-2/h3-6,11H,7-8H2,1-2H3,(H,17,22)/t11-/m0/s1. The van der Waals surface area contributed by atoms with Gasteiger partial charge in [0, 0.05) is 7.05 Å². The molecule has 10 heteroatoms. The lowest BCUT2D eigenvalue weighted by Gasteiger charge is -2.33. The van der Waals surface area contributed by atoms with Gasteiger partial charge < -0.3 is 19.3 Å². The molecule has 0 fully saturated rings. The molecule has 3 rings (SSSR count). The Balaban J connectivity index is 1.88. The van der Waals surface area contributed by atoms with Crippen molar-refractivity contribution >= 4 is 23.5 Å². The van der Waals surface area contributed by atoms with Crippen molar-refractivity contribution in [2.24, 2.45) is 0 Å². The molecule has 0 radical (unpaired) electrons. The number of ether oxygens (including phenoxy) is 2. The first-order chi connectivity index (χ1) is 12.5. The fourth-order valence-corrected chi connectivity index (χ4v) is 2.46. The van der Waals surface area contributed by atoms with E-state index in [4.69, 9.17) is 9.26 Å². The van der Waals surface area contributed by atoms with Gasteiger partial charge in [-0.1, -0.05) is 17.3 Å². The molecule has 0 saturated heterocycles. The Labute approximate surface area is 148 Å². The first-order valence-corrected chi connectivity index (χ1v) is 7.72. The zero-order chi connectivity index (χ0) is 18.7. The molecule has 0 saturated carbocycles. The smallest absolute Gasteiger partial charge is 0.309 e. The van der Waals surface area contributed by atoms with E-state index in [1.165, 1.54) is 19.1 Å². The summed E-state index contributed by atoms with van der Waals surface area (Å²) < 4.78 is 15.3. The maximum atomic E-state index is 12.8. The first kappa shape index (κ1) is 17.4. The molecule has 2 amide bonds. The molecule has 1 atom stereocenters. The number of rotatable bonds is 5. The minimum Gasteiger partial charge on any atom is -0.478 e. The molecule has 10 nitrogen and oxygen atoms in total. The van der Waals surface area contributed by atoms with Crippen molar-refractivity contribution < 1.29 is 28.4 Å². The van der Waals surface area contributed by atoms with Crippen LogP contribution < -0.4 is 15.0 Å². The summed E-state index contributed by atoms with van der Waals surface area (Å²) in [6.07, 6.45) is -1.26. The Morgan fingerprint density at radius 3 is 2.85 bits per heavy atom. The predicted octanol–water partition coefficient (Wildman–Crippen LogP) is 0.286. The zero-order valence-electron chi connectivity index (χ0n) is 14.1. The fraction of sp³-hybridized carbons (Fsp3) is 0.312. The number of hydrogen-bond acceptors (Lipinski definition) is 8. The summed E-state index contributed by atoms with van der Waals surface area (Å²) in [4.78, 5) is 41.2. The van der Waals surface area contributed by atoms with Crippen LogP contribution in [0.3, 0.4) is 0 Å². The third-order valence-electron chi connectivity index (χ3n) is 3.74. The van der Waals surface area contributed by atoms with Gasteiger partial charge >= 0.3 is 5.97 Å². The molecule has 0 aliphatic carbocycles. The van der Waals surface area contributed by atoms with Gasteiger partial charge in [0.05, 0.1) is 19.2 Å². The molecule has 2 aromatic rings. The van der Waals surface area contributed by atoms with Crippen LogP contribution in [0.5, 0.6) is 5.75 Å². The summed E-state index contributed by atoms with van der Waals surface area (Å²) in [6, 6.07) is 6.87. The Morgan fingerprint density at radius 2 is 2.12 bits per heavy atom. The molecule has 1 N–H and O–H groups in total. The number of nitrogens with zero attached hydrogens (tertiary/aromatic N) is 3. The highest BCUT2D eigenvalue weighted by Gasteiger charge is 2.37. The Kier molecular flexibility index (Phi) is 4.83. The SMILES string of the molecule is CNC(=O)c1noc(CN2C(=O)[C@H](CC(=O)OC)Oc3ccccc32)n1. The average Bonchev–Trinajstić information content (AvgIpc) is 3.13. The quantitative estimate of drug-likeness (QED) is 0.755. The number of fused-ring (bicyclic) bond motifs is 1. The van der Waals surface area contributed by atoms with Gasteiger partial charge in [-0.15, -0.1) is 0 Å². The monoisotopic (exact) mass is 360 g/mol. The van der Waals surface area contributed by atoms with Crippen LogP contribution in [0, 0.1) is 0 Å². The minimum absolute atomic E-state index is 0.0686. The molecule has 2 heterocycles. The molecule has 1 aliphatic rings. The van der Waals surface area contributed by atoms with Gasteiger partial charge in [0.2, 0.25) is 5.89 Å². The van der Waals surface area contributed by atoms with Crippen molar-refractivity contribution in [2.75, 3.05) is 19.1 Å². The van der Waals surface area contributed by atoms with Crippen LogP contribution in [0.25, 0.3) is 0 Å². The van der Waals surface area contributed by atoms with Gasteiger partial charge in [0.1, 0.15) is 12.3 Å². The number of carbonyl (C=O) groups excluding carboxylic acids is 3. The van der Waals surface area contributed by atoms with Crippen LogP contribution >= 0.6 is 0 Å². The Morgan fingerprint density at radius 1 is 1.35 bits per heavy atom. The van der Waals surface area contributed by atoms with E-state index in [0.29, 0.717) is 11.4 Å². The van der Waals surface area contributed by atoms with E-state index >= 15 is 0 Å². The highest BCUT2D eigenvalue weighted by molar-refractivity contribution is 6.01. The number of aromatic nitrogens is 2. The van der Waals surface area contributed by atoms with Crippen molar-refractivity contribution in [3.05, 3.63) is 36.0 Å². The number of anilines is 1. The molecular formula is C16H16N4O6. The second kappa shape index (κ2) is 7.21. The lowest BCUT2D eigenvalue weighted by Crippen LogP contribution is -2.46. The predicted molar refractivity (Wildman–Crippen MR) is 86.4 cm³/mol. The van der Waals surface area contributed by atoms with E-state index in [0.717, 1.165) is 0 Å². The lowest BCUT2D eigenvalue weighted by atomic mass is 10.1. The van der Waals surface area contributed by atoms with Gasteiger partial charge in [-0.05, 0) is 12.1 Å². The number of esters is 1. The molecule has 26 heavy (non-hydrogen) atoms. The third kappa shape index (κ3) is 3.34. The maximum absolute atomic E-state index is 12.8. The van der Waals surface area contributed by atoms with Gasteiger partial charge in [0.15, 0.2) is 6.10 Å². The van der Waals surface area contributed by atoms with Crippen molar-refractivity contribution in [3.8, 4) is 5.75 Å². The van der Waals surface area contributed by atoms with E-state index in [9.17, 15) is 14.4 Å². The largest absolute Gasteiger partial charge is 0.478 e. The van der Waals surface area contributed by atoms with Crippen LogP contribution in [0.4, 0.5) is 5.69 Å². The molecule has 136 valence electrons. The van der Waals surface area contributed by atoms with E-state index in [1.807, 2.05) is 0 Å². The molecule has 0 bridgehead atoms. The number of hydrogen-bond donors (Lipinski definition) is 1. The number of methoxy groups -OCH3 is 1. The maximum Gasteiger partial charge on any atom is 0.309 e. The van der Waals surface area contributed by atoms with Crippen LogP contribution in [0.15, 0.2) is 28.8 Å². The number of amides is 2. The van der Waals surface area contributed by atoms with Crippen molar-refractivity contribution in [1.82, 2.24) is 15.5 Å². The Hall–Kier alpha value is -3.43. The lowest BCUT2D eigenvalue weighted by molar-refractivity contribution is -0.145. The van der Waals surface area contributed by atoms with Crippen LogP contribution in [0.1, 0.15) is 22.9 Å². The van der Waals surface area contributed by atoms with Gasteiger partial charge in [-0.2, -0.15) is 4.98 Å². The summed E-state index contributed by atoms with van der Waals surface area (Å²) in [7, 11) is 2.68. The highest BCUT2D eigenvalue weighted by atomic mass is 16.5. The van der Waals surface area contributed by atoms with Gasteiger partial charge in [-0.25, -0.2) is 0 Å². The van der Waals surface area contributed by atoms with Crippen molar-refractivity contribution in [3.63, 3.8) is 0 Å². The van der Waals surface area contributed by atoms with E-state index in [1.54, 1.807) is 24.3 Å². The summed E-state index contributed by atoms with van der Waals surface area (Å²) in [5, 5.41) is 5.95. The van der Waals surface area contributed by atoms with Crippen molar-refractivity contribution in [1.29, 1.82) is 0 Å². The molecule has 0 spiro atoms. The van der Waals surface area contributed by atoms with Crippen LogP contribution in [0.2, 0.25) is 0 Å². The number of para-hydroxylation sites is 2. The van der Waals surface area contributed by atoms with Crippen molar-refractivity contribution in [2.45, 2.75) is 19.1 Å². The summed E-state index contributed by atoms with van der Waals surface area (Å²) in [5.41, 5.74) is 0.498. The van der Waals surface area contributed by atoms with E-state index in [2.05, 4.69) is 20.2 Å². The van der Waals surface area contributed by atoms with E-state index < -0.39 is 23.9 Å². The summed E-state index contributed by atoms with van der Waals surface area (Å²) in [5.74, 6) is -1.14. The molecule has 1 aromatic carbocycles. The van der Waals surface area contributed by atoms with Crippen LogP contribution in [-0.2, 0) is 20.9 Å². The summed E-state index contributed by atoms with van der Waals surface area (Å²) >= 11 is 0. The fourth-order valence-electron chi connectivity index (χ4n) is 2.46. The average molecular weight is 360 g/mol. The minimum atomic E-state index is -1.03. The molecule has 0 unspecified atom stereocenters. The van der Waals surface area contributed by atoms with Gasteiger partial charge in [0.25, 0.3) is 17.6 Å². The zero-order valence-corrected chi connectivity index (χ0v) is 14.1. The third-order valence-corrected chi connectivity index (χ3v) is 3.74.